The lowest BCUT2D eigenvalue weighted by Gasteiger charge is -2.33. The highest BCUT2D eigenvalue weighted by molar-refractivity contribution is 9.10. The van der Waals surface area contributed by atoms with Crippen molar-refractivity contribution in [1.29, 1.82) is 0 Å². The number of rotatable bonds is 3. The number of hydrogen-bond acceptors (Lipinski definition) is 3. The summed E-state index contributed by atoms with van der Waals surface area (Å²) in [5, 5.41) is 19.8. The molecule has 2 aromatic carbocycles. The quantitative estimate of drug-likeness (QED) is 0.858. The van der Waals surface area contributed by atoms with Crippen LogP contribution in [0.2, 0.25) is 0 Å². The van der Waals surface area contributed by atoms with Crippen LogP contribution in [-0.4, -0.2) is 16.8 Å². The summed E-state index contributed by atoms with van der Waals surface area (Å²) in [5.74, 6) is 0. The lowest BCUT2D eigenvalue weighted by Crippen LogP contribution is -2.31. The molecule has 0 atom stereocenters. The average Bonchev–Trinajstić information content (AvgIpc) is 2.52. The van der Waals surface area contributed by atoms with Gasteiger partial charge in [-0.15, -0.1) is 0 Å². The van der Waals surface area contributed by atoms with Gasteiger partial charge in [-0.1, -0.05) is 40.2 Å². The standard InChI is InChI=1S/C19H22BrNO2/c1-19(2,23)15-7-6-14-11-21(9-8-13(14)10-15)18-5-3-4-17(20)16(18)12-22/h3-7,10,22-23H,8-9,11-12H2,1-2H3. The van der Waals surface area contributed by atoms with E-state index in [1.54, 1.807) is 0 Å². The Bertz CT molecular complexity index is 722. The highest BCUT2D eigenvalue weighted by Gasteiger charge is 2.22. The van der Waals surface area contributed by atoms with Crippen molar-refractivity contribution in [3.63, 3.8) is 0 Å². The minimum absolute atomic E-state index is 0.0255. The van der Waals surface area contributed by atoms with Crippen LogP contribution in [0, 0.1) is 0 Å². The Balaban J connectivity index is 1.91. The van der Waals surface area contributed by atoms with Crippen molar-refractivity contribution in [2.24, 2.45) is 0 Å². The summed E-state index contributed by atoms with van der Waals surface area (Å²) >= 11 is 3.52. The zero-order chi connectivity index (χ0) is 16.6. The van der Waals surface area contributed by atoms with Crippen LogP contribution in [0.15, 0.2) is 40.9 Å². The Morgan fingerprint density at radius 1 is 1.17 bits per heavy atom. The van der Waals surface area contributed by atoms with E-state index in [2.05, 4.69) is 39.0 Å². The number of anilines is 1. The van der Waals surface area contributed by atoms with E-state index < -0.39 is 5.60 Å². The maximum absolute atomic E-state index is 10.2. The van der Waals surface area contributed by atoms with Crippen molar-refractivity contribution < 1.29 is 10.2 Å². The summed E-state index contributed by atoms with van der Waals surface area (Å²) in [5.41, 5.74) is 4.77. The summed E-state index contributed by atoms with van der Waals surface area (Å²) < 4.78 is 0.945. The second-order valence-electron chi connectivity index (χ2n) is 6.61. The number of aliphatic hydroxyl groups is 2. The highest BCUT2D eigenvalue weighted by atomic mass is 79.9. The summed E-state index contributed by atoms with van der Waals surface area (Å²) in [6.45, 7) is 5.40. The molecule has 1 aliphatic rings. The molecule has 3 nitrogen and oxygen atoms in total. The van der Waals surface area contributed by atoms with Gasteiger partial charge in [-0.25, -0.2) is 0 Å². The maximum atomic E-state index is 10.2. The fraction of sp³-hybridized carbons (Fsp3) is 0.368. The number of hydrogen-bond donors (Lipinski definition) is 2. The molecule has 2 aromatic rings. The first-order chi connectivity index (χ1) is 10.9. The van der Waals surface area contributed by atoms with E-state index in [1.807, 2.05) is 32.0 Å². The zero-order valence-electron chi connectivity index (χ0n) is 13.5. The first-order valence-corrected chi connectivity index (χ1v) is 8.67. The van der Waals surface area contributed by atoms with E-state index in [1.165, 1.54) is 11.1 Å². The van der Waals surface area contributed by atoms with Crippen molar-refractivity contribution in [2.75, 3.05) is 11.4 Å². The molecule has 0 saturated carbocycles. The van der Waals surface area contributed by atoms with Crippen molar-refractivity contribution in [2.45, 2.75) is 39.0 Å². The molecule has 0 bridgehead atoms. The fourth-order valence-corrected chi connectivity index (χ4v) is 3.62. The summed E-state index contributed by atoms with van der Waals surface area (Å²) in [7, 11) is 0. The average molecular weight is 376 g/mol. The number of fused-ring (bicyclic) bond motifs is 1. The Morgan fingerprint density at radius 2 is 1.96 bits per heavy atom. The van der Waals surface area contributed by atoms with Crippen molar-refractivity contribution in [3.05, 3.63) is 63.1 Å². The Morgan fingerprint density at radius 3 is 2.65 bits per heavy atom. The molecule has 0 aromatic heterocycles. The van der Waals surface area contributed by atoms with Crippen LogP contribution < -0.4 is 4.90 Å². The van der Waals surface area contributed by atoms with Gasteiger partial charge in [-0.05, 0) is 49.1 Å². The summed E-state index contributed by atoms with van der Waals surface area (Å²) in [4.78, 5) is 2.31. The van der Waals surface area contributed by atoms with Crippen molar-refractivity contribution in [3.8, 4) is 0 Å². The topological polar surface area (TPSA) is 43.7 Å². The molecule has 3 rings (SSSR count). The third-order valence-electron chi connectivity index (χ3n) is 4.52. The molecular weight excluding hydrogens is 354 g/mol. The van der Waals surface area contributed by atoms with Gasteiger partial charge in [-0.3, -0.25) is 0 Å². The molecule has 0 amide bonds. The number of halogens is 1. The minimum atomic E-state index is -0.805. The van der Waals surface area contributed by atoms with Gasteiger partial charge in [0.15, 0.2) is 0 Å². The molecule has 1 heterocycles. The van der Waals surface area contributed by atoms with E-state index in [0.717, 1.165) is 40.8 Å². The maximum Gasteiger partial charge on any atom is 0.0840 e. The summed E-state index contributed by atoms with van der Waals surface area (Å²) in [6.07, 6.45) is 0.941. The first-order valence-electron chi connectivity index (χ1n) is 7.88. The SMILES string of the molecule is CC(C)(O)c1ccc2c(c1)CCN(c1cccc(Br)c1CO)C2. The normalized spacial score (nSPS) is 14.7. The predicted octanol–water partition coefficient (Wildman–Crippen LogP) is 3.73. The molecule has 0 unspecified atom stereocenters. The van der Waals surface area contributed by atoms with Crippen LogP contribution in [0.4, 0.5) is 5.69 Å². The van der Waals surface area contributed by atoms with Crippen LogP contribution in [0.25, 0.3) is 0 Å². The molecule has 0 fully saturated rings. The van der Waals surface area contributed by atoms with Crippen LogP contribution in [0.1, 0.15) is 36.1 Å². The monoisotopic (exact) mass is 375 g/mol. The third kappa shape index (κ3) is 3.30. The van der Waals surface area contributed by atoms with E-state index in [9.17, 15) is 10.2 Å². The molecule has 0 radical (unpaired) electrons. The second kappa shape index (κ2) is 6.27. The zero-order valence-corrected chi connectivity index (χ0v) is 15.1. The van der Waals surface area contributed by atoms with E-state index in [4.69, 9.17) is 0 Å². The third-order valence-corrected chi connectivity index (χ3v) is 5.26. The van der Waals surface area contributed by atoms with Crippen molar-refractivity contribution in [1.82, 2.24) is 0 Å². The molecule has 0 saturated heterocycles. The molecule has 0 aliphatic carbocycles. The Hall–Kier alpha value is -1.36. The number of nitrogens with zero attached hydrogens (tertiary/aromatic N) is 1. The molecule has 2 N–H and O–H groups in total. The van der Waals surface area contributed by atoms with Gasteiger partial charge < -0.3 is 15.1 Å². The Kier molecular flexibility index (Phi) is 4.50. The minimum Gasteiger partial charge on any atom is -0.392 e. The van der Waals surface area contributed by atoms with Crippen molar-refractivity contribution >= 4 is 21.6 Å². The predicted molar refractivity (Wildman–Crippen MR) is 96.5 cm³/mol. The molecule has 122 valence electrons. The Labute approximate surface area is 145 Å². The van der Waals surface area contributed by atoms with Gasteiger partial charge >= 0.3 is 0 Å². The van der Waals surface area contributed by atoms with Gasteiger partial charge in [-0.2, -0.15) is 0 Å². The van der Waals surface area contributed by atoms with Gasteiger partial charge in [0.1, 0.15) is 0 Å². The molecule has 23 heavy (non-hydrogen) atoms. The van der Waals surface area contributed by atoms with Gasteiger partial charge in [0.25, 0.3) is 0 Å². The van der Waals surface area contributed by atoms with Gasteiger partial charge in [0, 0.05) is 28.8 Å². The number of aliphatic hydroxyl groups excluding tert-OH is 1. The fourth-order valence-electron chi connectivity index (χ4n) is 3.14. The first kappa shape index (κ1) is 16.5. The molecule has 0 spiro atoms. The largest absolute Gasteiger partial charge is 0.392 e. The highest BCUT2D eigenvalue weighted by Crippen LogP contribution is 2.32. The van der Waals surface area contributed by atoms with Gasteiger partial charge in [0.05, 0.1) is 12.2 Å². The van der Waals surface area contributed by atoms with Crippen LogP contribution in [-0.2, 0) is 25.2 Å². The van der Waals surface area contributed by atoms with Crippen LogP contribution in [0.5, 0.6) is 0 Å². The van der Waals surface area contributed by atoms with Crippen LogP contribution >= 0.6 is 15.9 Å². The molecule has 1 aliphatic heterocycles. The second-order valence-corrected chi connectivity index (χ2v) is 7.46. The molecule has 4 heteroatoms. The van der Waals surface area contributed by atoms with E-state index >= 15 is 0 Å². The van der Waals surface area contributed by atoms with Gasteiger partial charge in [0.2, 0.25) is 0 Å². The lowest BCUT2D eigenvalue weighted by atomic mass is 9.91. The smallest absolute Gasteiger partial charge is 0.0840 e. The van der Waals surface area contributed by atoms with E-state index in [0.29, 0.717) is 0 Å². The number of benzene rings is 2. The molecular formula is C19H22BrNO2. The van der Waals surface area contributed by atoms with E-state index in [-0.39, 0.29) is 6.61 Å². The summed E-state index contributed by atoms with van der Waals surface area (Å²) in [6, 6.07) is 12.3. The lowest BCUT2D eigenvalue weighted by molar-refractivity contribution is 0.0785. The van der Waals surface area contributed by atoms with Crippen LogP contribution in [0.3, 0.4) is 0 Å².